The van der Waals surface area contributed by atoms with Crippen LogP contribution in [0, 0.1) is 0 Å². The third-order valence-electron chi connectivity index (χ3n) is 3.09. The van der Waals surface area contributed by atoms with Crippen LogP contribution < -0.4 is 4.74 Å². The van der Waals surface area contributed by atoms with Gasteiger partial charge in [-0.05, 0) is 26.0 Å². The van der Waals surface area contributed by atoms with Crippen LogP contribution in [0.2, 0.25) is 0 Å². The fourth-order valence-electron chi connectivity index (χ4n) is 2.20. The van der Waals surface area contributed by atoms with Crippen molar-refractivity contribution in [3.05, 3.63) is 24.0 Å². The molecule has 4 nitrogen and oxygen atoms in total. The fourth-order valence-corrected chi connectivity index (χ4v) is 2.39. The first kappa shape index (κ1) is 14.2. The third-order valence-corrected chi connectivity index (χ3v) is 3.33. The number of methoxy groups -OCH3 is 1. The van der Waals surface area contributed by atoms with Crippen LogP contribution >= 0.6 is 11.6 Å². The predicted octanol–water partition coefficient (Wildman–Crippen LogP) is 3.38. The van der Waals surface area contributed by atoms with Crippen LogP contribution in [0.15, 0.2) is 18.2 Å². The van der Waals surface area contributed by atoms with Crippen LogP contribution in [0.1, 0.15) is 25.7 Å². The van der Waals surface area contributed by atoms with Gasteiger partial charge in [-0.15, -0.1) is 11.6 Å². The molecule has 0 spiro atoms. The van der Waals surface area contributed by atoms with E-state index in [2.05, 4.69) is 16.5 Å². The Bertz CT molecular complexity index is 554. The van der Waals surface area contributed by atoms with Crippen LogP contribution in [0.25, 0.3) is 11.0 Å². The van der Waals surface area contributed by atoms with E-state index in [0.29, 0.717) is 19.1 Å². The molecule has 0 aliphatic heterocycles. The first-order valence-corrected chi connectivity index (χ1v) is 6.93. The lowest BCUT2D eigenvalue weighted by Gasteiger charge is -2.16. The SMILES string of the molecule is CCOCC(C)n1c(CCl)nc2cc(OC)ccc21. The van der Waals surface area contributed by atoms with Gasteiger partial charge in [0.05, 0.1) is 36.7 Å². The number of aromatic nitrogens is 2. The molecule has 0 bridgehead atoms. The van der Waals surface area contributed by atoms with Crippen LogP contribution in [-0.2, 0) is 10.6 Å². The van der Waals surface area contributed by atoms with Gasteiger partial charge in [0.15, 0.2) is 0 Å². The lowest BCUT2D eigenvalue weighted by atomic mass is 10.2. The quantitative estimate of drug-likeness (QED) is 0.762. The molecule has 2 aromatic rings. The molecular weight excluding hydrogens is 264 g/mol. The van der Waals surface area contributed by atoms with Gasteiger partial charge in [0.2, 0.25) is 0 Å². The highest BCUT2D eigenvalue weighted by atomic mass is 35.5. The van der Waals surface area contributed by atoms with Gasteiger partial charge in [0, 0.05) is 12.7 Å². The second kappa shape index (κ2) is 6.26. The minimum Gasteiger partial charge on any atom is -0.497 e. The van der Waals surface area contributed by atoms with Gasteiger partial charge in [-0.3, -0.25) is 0 Å². The Morgan fingerprint density at radius 3 is 2.84 bits per heavy atom. The molecule has 2 rings (SSSR count). The zero-order chi connectivity index (χ0) is 13.8. The molecule has 0 aliphatic rings. The summed E-state index contributed by atoms with van der Waals surface area (Å²) in [5.74, 6) is 2.04. The van der Waals surface area contributed by atoms with Crippen molar-refractivity contribution in [1.82, 2.24) is 9.55 Å². The number of hydrogen-bond acceptors (Lipinski definition) is 3. The summed E-state index contributed by atoms with van der Waals surface area (Å²) in [6.07, 6.45) is 0. The van der Waals surface area contributed by atoms with E-state index in [1.54, 1.807) is 7.11 Å². The Labute approximate surface area is 118 Å². The van der Waals surface area contributed by atoms with Crippen molar-refractivity contribution in [2.75, 3.05) is 20.3 Å². The van der Waals surface area contributed by atoms with Crippen molar-refractivity contribution in [3.63, 3.8) is 0 Å². The standard InChI is InChI=1S/C14H19ClN2O2/c1-4-19-9-10(2)17-13-6-5-11(18-3)7-12(13)16-14(17)8-15/h5-7,10H,4,8-9H2,1-3H3. The van der Waals surface area contributed by atoms with Gasteiger partial charge in [0.25, 0.3) is 0 Å². The first-order valence-electron chi connectivity index (χ1n) is 6.39. The smallest absolute Gasteiger partial charge is 0.125 e. The number of hydrogen-bond donors (Lipinski definition) is 0. The highest BCUT2D eigenvalue weighted by Gasteiger charge is 2.15. The molecule has 0 radical (unpaired) electrons. The van der Waals surface area contributed by atoms with E-state index in [0.717, 1.165) is 22.6 Å². The summed E-state index contributed by atoms with van der Waals surface area (Å²) in [5, 5.41) is 0. The van der Waals surface area contributed by atoms with E-state index in [1.165, 1.54) is 0 Å². The Morgan fingerprint density at radius 1 is 1.42 bits per heavy atom. The van der Waals surface area contributed by atoms with Gasteiger partial charge in [-0.2, -0.15) is 0 Å². The van der Waals surface area contributed by atoms with Crippen LogP contribution in [0.3, 0.4) is 0 Å². The number of fused-ring (bicyclic) bond motifs is 1. The van der Waals surface area contributed by atoms with Crippen LogP contribution in [0.5, 0.6) is 5.75 Å². The lowest BCUT2D eigenvalue weighted by Crippen LogP contribution is -2.14. The maximum Gasteiger partial charge on any atom is 0.125 e. The molecule has 0 saturated heterocycles. The molecule has 104 valence electrons. The topological polar surface area (TPSA) is 36.3 Å². The summed E-state index contributed by atoms with van der Waals surface area (Å²) < 4.78 is 12.9. The van der Waals surface area contributed by atoms with Gasteiger partial charge in [-0.1, -0.05) is 0 Å². The van der Waals surface area contributed by atoms with Gasteiger partial charge in [0.1, 0.15) is 11.6 Å². The number of ether oxygens (including phenoxy) is 2. The molecule has 5 heteroatoms. The molecule has 19 heavy (non-hydrogen) atoms. The second-order valence-corrected chi connectivity index (χ2v) is 4.66. The molecular formula is C14H19ClN2O2. The van der Waals surface area contributed by atoms with E-state index in [1.807, 2.05) is 25.1 Å². The molecule has 0 fully saturated rings. The maximum absolute atomic E-state index is 6.00. The Hall–Kier alpha value is -1.26. The van der Waals surface area contributed by atoms with E-state index < -0.39 is 0 Å². The zero-order valence-electron chi connectivity index (χ0n) is 11.5. The molecule has 1 atom stereocenters. The summed E-state index contributed by atoms with van der Waals surface area (Å²) in [5.41, 5.74) is 1.96. The molecule has 1 heterocycles. The van der Waals surface area contributed by atoms with E-state index >= 15 is 0 Å². The fraction of sp³-hybridized carbons (Fsp3) is 0.500. The summed E-state index contributed by atoms with van der Waals surface area (Å²) in [6, 6.07) is 6.08. The highest BCUT2D eigenvalue weighted by Crippen LogP contribution is 2.26. The second-order valence-electron chi connectivity index (χ2n) is 4.39. The summed E-state index contributed by atoms with van der Waals surface area (Å²) in [6.45, 7) is 5.46. The van der Waals surface area contributed by atoms with Crippen molar-refractivity contribution in [2.24, 2.45) is 0 Å². The molecule has 1 aromatic carbocycles. The van der Waals surface area contributed by atoms with Crippen molar-refractivity contribution < 1.29 is 9.47 Å². The van der Waals surface area contributed by atoms with Gasteiger partial charge < -0.3 is 14.0 Å². The van der Waals surface area contributed by atoms with Crippen LogP contribution in [-0.4, -0.2) is 29.9 Å². The molecule has 0 amide bonds. The highest BCUT2D eigenvalue weighted by molar-refractivity contribution is 6.16. The van der Waals surface area contributed by atoms with Gasteiger partial charge >= 0.3 is 0 Å². The molecule has 1 aromatic heterocycles. The van der Waals surface area contributed by atoms with Crippen molar-refractivity contribution in [1.29, 1.82) is 0 Å². The third kappa shape index (κ3) is 2.85. The van der Waals surface area contributed by atoms with Crippen molar-refractivity contribution in [3.8, 4) is 5.75 Å². The zero-order valence-corrected chi connectivity index (χ0v) is 12.3. The average Bonchev–Trinajstić information content (AvgIpc) is 2.81. The Balaban J connectivity index is 2.45. The van der Waals surface area contributed by atoms with E-state index in [4.69, 9.17) is 21.1 Å². The van der Waals surface area contributed by atoms with E-state index in [-0.39, 0.29) is 6.04 Å². The number of halogens is 1. The van der Waals surface area contributed by atoms with Gasteiger partial charge in [-0.25, -0.2) is 4.98 Å². The monoisotopic (exact) mass is 282 g/mol. The first-order chi connectivity index (χ1) is 9.21. The average molecular weight is 283 g/mol. The number of benzene rings is 1. The normalized spacial score (nSPS) is 12.8. The molecule has 1 unspecified atom stereocenters. The Morgan fingerprint density at radius 2 is 2.21 bits per heavy atom. The summed E-state index contributed by atoms with van der Waals surface area (Å²) in [4.78, 5) is 4.56. The largest absolute Gasteiger partial charge is 0.497 e. The van der Waals surface area contributed by atoms with E-state index in [9.17, 15) is 0 Å². The minimum absolute atomic E-state index is 0.201. The molecule has 0 saturated carbocycles. The lowest BCUT2D eigenvalue weighted by molar-refractivity contribution is 0.119. The summed E-state index contributed by atoms with van der Waals surface area (Å²) in [7, 11) is 1.65. The number of nitrogens with zero attached hydrogens (tertiary/aromatic N) is 2. The van der Waals surface area contributed by atoms with Crippen molar-refractivity contribution >= 4 is 22.6 Å². The maximum atomic E-state index is 6.00. The van der Waals surface area contributed by atoms with Crippen molar-refractivity contribution in [2.45, 2.75) is 25.8 Å². The number of alkyl halides is 1. The minimum atomic E-state index is 0.201. The van der Waals surface area contributed by atoms with Crippen LogP contribution in [0.4, 0.5) is 0 Å². The number of imidazole rings is 1. The molecule has 0 aliphatic carbocycles. The molecule has 0 N–H and O–H groups in total. The number of rotatable bonds is 6. The Kier molecular flexibility index (Phi) is 4.66. The summed E-state index contributed by atoms with van der Waals surface area (Å²) >= 11 is 6.00. The predicted molar refractivity (Wildman–Crippen MR) is 77.0 cm³/mol.